The molecule has 0 fully saturated rings. The van der Waals surface area contributed by atoms with Crippen LogP contribution in [0.15, 0.2) is 51.4 Å². The SMILES string of the molecule is COC(=O)C(NC(=O)c1cc(Br)ccc1F)c1ccc(Br)cc1. The lowest BCUT2D eigenvalue weighted by molar-refractivity contribution is -0.143. The fourth-order valence-electron chi connectivity index (χ4n) is 1.93. The van der Waals surface area contributed by atoms with Gasteiger partial charge in [0.1, 0.15) is 5.82 Å². The number of carbonyl (C=O) groups is 2. The van der Waals surface area contributed by atoms with Crippen molar-refractivity contribution in [1.29, 1.82) is 0 Å². The molecule has 120 valence electrons. The quantitative estimate of drug-likeness (QED) is 0.725. The molecule has 0 spiro atoms. The van der Waals surface area contributed by atoms with Gasteiger partial charge < -0.3 is 10.1 Å². The van der Waals surface area contributed by atoms with Crippen molar-refractivity contribution >= 4 is 43.7 Å². The van der Waals surface area contributed by atoms with Crippen LogP contribution in [0, 0.1) is 5.82 Å². The van der Waals surface area contributed by atoms with Crippen LogP contribution in [0.5, 0.6) is 0 Å². The zero-order valence-electron chi connectivity index (χ0n) is 12.0. The summed E-state index contributed by atoms with van der Waals surface area (Å²) in [6, 6.07) is 9.78. The number of carbonyl (C=O) groups excluding carboxylic acids is 2. The Morgan fingerprint density at radius 3 is 2.30 bits per heavy atom. The third kappa shape index (κ3) is 4.39. The lowest BCUT2D eigenvalue weighted by atomic mass is 10.1. The Kier molecular flexibility index (Phi) is 5.90. The van der Waals surface area contributed by atoms with Gasteiger partial charge in [-0.25, -0.2) is 9.18 Å². The molecule has 2 aromatic carbocycles. The van der Waals surface area contributed by atoms with Crippen molar-refractivity contribution in [2.24, 2.45) is 0 Å². The summed E-state index contributed by atoms with van der Waals surface area (Å²) in [5, 5.41) is 2.50. The lowest BCUT2D eigenvalue weighted by Gasteiger charge is -2.17. The maximum Gasteiger partial charge on any atom is 0.333 e. The predicted molar refractivity (Wildman–Crippen MR) is 90.5 cm³/mol. The van der Waals surface area contributed by atoms with Crippen LogP contribution in [0.25, 0.3) is 0 Å². The fraction of sp³-hybridized carbons (Fsp3) is 0.125. The normalized spacial score (nSPS) is 11.7. The van der Waals surface area contributed by atoms with Crippen LogP contribution in [0.2, 0.25) is 0 Å². The molecule has 2 rings (SSSR count). The molecule has 0 saturated heterocycles. The van der Waals surface area contributed by atoms with E-state index in [-0.39, 0.29) is 5.56 Å². The van der Waals surface area contributed by atoms with Crippen LogP contribution in [0.3, 0.4) is 0 Å². The monoisotopic (exact) mass is 443 g/mol. The molecule has 1 unspecified atom stereocenters. The second kappa shape index (κ2) is 7.70. The van der Waals surface area contributed by atoms with Crippen LogP contribution < -0.4 is 5.32 Å². The molecule has 0 aliphatic heterocycles. The van der Waals surface area contributed by atoms with E-state index < -0.39 is 23.7 Å². The third-order valence-corrected chi connectivity index (χ3v) is 4.11. The lowest BCUT2D eigenvalue weighted by Crippen LogP contribution is -2.35. The van der Waals surface area contributed by atoms with E-state index in [0.29, 0.717) is 10.0 Å². The Morgan fingerprint density at radius 2 is 1.70 bits per heavy atom. The molecule has 1 amide bonds. The molecule has 0 saturated carbocycles. The van der Waals surface area contributed by atoms with Gasteiger partial charge in [-0.3, -0.25) is 4.79 Å². The Labute approximate surface area is 149 Å². The summed E-state index contributed by atoms with van der Waals surface area (Å²) in [5.41, 5.74) is 0.370. The van der Waals surface area contributed by atoms with Gasteiger partial charge in [-0.05, 0) is 35.9 Å². The number of nitrogens with one attached hydrogen (secondary N) is 1. The maximum atomic E-state index is 13.8. The van der Waals surface area contributed by atoms with Crippen LogP contribution in [0.1, 0.15) is 22.0 Å². The van der Waals surface area contributed by atoms with Gasteiger partial charge in [0.25, 0.3) is 5.91 Å². The molecule has 23 heavy (non-hydrogen) atoms. The van der Waals surface area contributed by atoms with E-state index in [0.717, 1.165) is 4.47 Å². The van der Waals surface area contributed by atoms with Crippen molar-refractivity contribution < 1.29 is 18.7 Å². The van der Waals surface area contributed by atoms with E-state index >= 15 is 0 Å². The van der Waals surface area contributed by atoms with Crippen LogP contribution in [-0.2, 0) is 9.53 Å². The Balaban J connectivity index is 2.30. The van der Waals surface area contributed by atoms with E-state index in [2.05, 4.69) is 37.2 Å². The zero-order chi connectivity index (χ0) is 17.0. The van der Waals surface area contributed by atoms with Gasteiger partial charge in [-0.15, -0.1) is 0 Å². The molecule has 1 N–H and O–H groups in total. The fourth-order valence-corrected chi connectivity index (χ4v) is 2.56. The second-order valence-electron chi connectivity index (χ2n) is 4.61. The van der Waals surface area contributed by atoms with Crippen molar-refractivity contribution in [3.63, 3.8) is 0 Å². The molecular formula is C16H12Br2FNO3. The molecule has 0 radical (unpaired) electrons. The van der Waals surface area contributed by atoms with E-state index in [1.54, 1.807) is 24.3 Å². The average Bonchev–Trinajstić information content (AvgIpc) is 2.55. The summed E-state index contributed by atoms with van der Waals surface area (Å²) in [7, 11) is 1.22. The van der Waals surface area contributed by atoms with Gasteiger partial charge in [-0.1, -0.05) is 44.0 Å². The van der Waals surface area contributed by atoms with Crippen molar-refractivity contribution in [1.82, 2.24) is 5.32 Å². The van der Waals surface area contributed by atoms with Gasteiger partial charge >= 0.3 is 5.97 Å². The highest BCUT2D eigenvalue weighted by molar-refractivity contribution is 9.10. The first kappa shape index (κ1) is 17.6. The highest BCUT2D eigenvalue weighted by Gasteiger charge is 2.25. The number of esters is 1. The number of methoxy groups -OCH3 is 1. The van der Waals surface area contributed by atoms with Crippen molar-refractivity contribution in [2.75, 3.05) is 7.11 Å². The third-order valence-electron chi connectivity index (χ3n) is 3.09. The summed E-state index contributed by atoms with van der Waals surface area (Å²) in [4.78, 5) is 24.3. The number of rotatable bonds is 4. The van der Waals surface area contributed by atoms with Gasteiger partial charge in [0.15, 0.2) is 6.04 Å². The van der Waals surface area contributed by atoms with E-state index in [1.807, 2.05) is 0 Å². The first-order valence-corrected chi connectivity index (χ1v) is 8.10. The number of ether oxygens (including phenoxy) is 1. The Morgan fingerprint density at radius 1 is 1.09 bits per heavy atom. The van der Waals surface area contributed by atoms with Crippen LogP contribution >= 0.6 is 31.9 Å². The molecule has 4 nitrogen and oxygen atoms in total. The molecule has 0 aromatic heterocycles. The first-order chi connectivity index (χ1) is 10.9. The molecule has 2 aromatic rings. The average molecular weight is 445 g/mol. The van der Waals surface area contributed by atoms with Crippen LogP contribution in [-0.4, -0.2) is 19.0 Å². The van der Waals surface area contributed by atoms with Crippen molar-refractivity contribution in [2.45, 2.75) is 6.04 Å². The Bertz CT molecular complexity index is 735. The molecule has 0 heterocycles. The summed E-state index contributed by atoms with van der Waals surface area (Å²) < 4.78 is 19.9. The van der Waals surface area contributed by atoms with E-state index in [9.17, 15) is 14.0 Å². The molecule has 7 heteroatoms. The molecule has 1 atom stereocenters. The minimum atomic E-state index is -1.03. The van der Waals surface area contributed by atoms with Gasteiger partial charge in [0, 0.05) is 8.95 Å². The summed E-state index contributed by atoms with van der Waals surface area (Å²) >= 11 is 6.48. The number of hydrogen-bond donors (Lipinski definition) is 1. The number of hydrogen-bond acceptors (Lipinski definition) is 3. The summed E-state index contributed by atoms with van der Waals surface area (Å²) in [6.07, 6.45) is 0. The molecule has 0 aliphatic carbocycles. The smallest absolute Gasteiger partial charge is 0.333 e. The van der Waals surface area contributed by atoms with Gasteiger partial charge in [0.2, 0.25) is 0 Å². The van der Waals surface area contributed by atoms with E-state index in [1.165, 1.54) is 25.3 Å². The van der Waals surface area contributed by atoms with E-state index in [4.69, 9.17) is 4.74 Å². The number of amides is 1. The van der Waals surface area contributed by atoms with Gasteiger partial charge in [-0.2, -0.15) is 0 Å². The number of halogens is 3. The minimum absolute atomic E-state index is 0.162. The molecular weight excluding hydrogens is 433 g/mol. The van der Waals surface area contributed by atoms with Gasteiger partial charge in [0.05, 0.1) is 12.7 Å². The van der Waals surface area contributed by atoms with Crippen molar-refractivity contribution in [3.05, 3.63) is 68.4 Å². The maximum absolute atomic E-state index is 13.8. The Hall–Kier alpha value is -1.73. The topological polar surface area (TPSA) is 55.4 Å². The standard InChI is InChI=1S/C16H12Br2FNO3/c1-23-16(22)14(9-2-4-10(17)5-3-9)20-15(21)12-8-11(18)6-7-13(12)19/h2-8,14H,1H3,(H,20,21). The largest absolute Gasteiger partial charge is 0.467 e. The molecule has 0 aliphatic rings. The summed E-state index contributed by atoms with van der Waals surface area (Å²) in [5.74, 6) is -2.02. The highest BCUT2D eigenvalue weighted by atomic mass is 79.9. The minimum Gasteiger partial charge on any atom is -0.467 e. The molecule has 0 bridgehead atoms. The first-order valence-electron chi connectivity index (χ1n) is 6.51. The highest BCUT2D eigenvalue weighted by Crippen LogP contribution is 2.20. The predicted octanol–water partition coefficient (Wildman–Crippen LogP) is 3.99. The van der Waals surface area contributed by atoms with Crippen LogP contribution in [0.4, 0.5) is 4.39 Å². The van der Waals surface area contributed by atoms with Crippen molar-refractivity contribution in [3.8, 4) is 0 Å². The zero-order valence-corrected chi connectivity index (χ0v) is 15.1. The second-order valence-corrected chi connectivity index (χ2v) is 6.44. The summed E-state index contributed by atoms with van der Waals surface area (Å²) in [6.45, 7) is 0. The number of benzene rings is 2.